The van der Waals surface area contributed by atoms with E-state index in [1.807, 2.05) is 101 Å². The van der Waals surface area contributed by atoms with Crippen molar-refractivity contribution < 1.29 is 13.5 Å². The molecule has 0 bridgehead atoms. The topological polar surface area (TPSA) is 177 Å². The molecule has 0 atom stereocenters. The first-order valence-corrected chi connectivity index (χ1v) is 18.7. The zero-order valence-electron chi connectivity index (χ0n) is 37.4. The second-order valence-corrected chi connectivity index (χ2v) is 13.3. The minimum Gasteiger partial charge on any atom is -0.481 e. The van der Waals surface area contributed by atoms with Gasteiger partial charge >= 0.3 is 0 Å². The molecule has 0 fully saturated rings. The van der Waals surface area contributed by atoms with Gasteiger partial charge in [0, 0.05) is 60.2 Å². The van der Waals surface area contributed by atoms with Crippen molar-refractivity contribution >= 4 is 0 Å². The average Bonchev–Trinajstić information content (AvgIpc) is 3.22. The Morgan fingerprint density at radius 2 is 0.850 bits per heavy atom. The van der Waals surface area contributed by atoms with Gasteiger partial charge in [-0.25, -0.2) is 28.7 Å². The minimum absolute atomic E-state index is 0.178. The third kappa shape index (κ3) is 23.5. The normalized spacial score (nSPS) is 9.42. The van der Waals surface area contributed by atoms with Crippen LogP contribution in [0.2, 0.25) is 0 Å². The van der Waals surface area contributed by atoms with Gasteiger partial charge in [-0.3, -0.25) is 19.9 Å². The fourth-order valence-electron chi connectivity index (χ4n) is 3.68. The summed E-state index contributed by atoms with van der Waals surface area (Å²) in [6, 6.07) is 6.79. The highest BCUT2D eigenvalue weighted by Crippen LogP contribution is 2.11. The van der Waals surface area contributed by atoms with Crippen LogP contribution in [-0.4, -0.2) is 72.4 Å². The highest BCUT2D eigenvalue weighted by atomic mass is 19.1. The lowest BCUT2D eigenvalue weighted by molar-refractivity contribution is 0.392. The first kappa shape index (κ1) is 51.3. The van der Waals surface area contributed by atoms with Gasteiger partial charge in [0.25, 0.3) is 0 Å². The molecule has 0 radical (unpaired) electrons. The molecule has 7 aromatic heterocycles. The first-order chi connectivity index (χ1) is 28.3. The maximum absolute atomic E-state index is 12.5. The Kier molecular flexibility index (Phi) is 23.8. The zero-order chi connectivity index (χ0) is 45.2. The zero-order valence-corrected chi connectivity index (χ0v) is 37.4. The SMILES string of the molecule is COc1nc(C)ncc1C.Cc1cc(F)c(C)cn1.Cc1ccc(C)nn1.Cc1cnc(C)c(F)c1.Cc1cnc(C)cn1.Cc1cnc(C)nc1.Cc1cnc(C)nn1. The van der Waals surface area contributed by atoms with Gasteiger partial charge in [-0.2, -0.15) is 20.3 Å². The Balaban J connectivity index is 0.000000350. The van der Waals surface area contributed by atoms with Crippen LogP contribution in [0.25, 0.3) is 0 Å². The third-order valence-electron chi connectivity index (χ3n) is 7.12. The van der Waals surface area contributed by atoms with E-state index in [0.717, 1.165) is 68.3 Å². The predicted molar refractivity (Wildman–Crippen MR) is 229 cm³/mol. The van der Waals surface area contributed by atoms with Crippen molar-refractivity contribution in [1.29, 1.82) is 0 Å². The highest BCUT2D eigenvalue weighted by molar-refractivity contribution is 5.21. The molecular weight excluding hydrogens is 765 g/mol. The standard InChI is InChI=1S/2C7H8FN.C7H10N2O.3C6H8N2.C5H7N3/c1-5-4-9-6(2)3-7(5)8;1-5-3-7(8)6(2)9-4-5;1-5-4-8-6(2)9-7(5)10-3;1-5-3-8-6(2)4-7-5;1-5-3-7-6(2)8-4-5;1-5-3-4-6(2)8-7-5;1-4-3-6-5(2)8-7-4/h2*3-4H,1-2H3;4H,1-3H3;3*3-4H,1-2H3;3H,1-2H3. The largest absolute Gasteiger partial charge is 0.481 e. The summed E-state index contributed by atoms with van der Waals surface area (Å²) in [4.78, 5) is 35.6. The smallest absolute Gasteiger partial charge is 0.219 e. The lowest BCUT2D eigenvalue weighted by Crippen LogP contribution is -1.94. The maximum atomic E-state index is 12.5. The van der Waals surface area contributed by atoms with E-state index in [0.29, 0.717) is 17.1 Å². The second-order valence-electron chi connectivity index (χ2n) is 13.3. The van der Waals surface area contributed by atoms with E-state index in [1.165, 1.54) is 18.3 Å². The van der Waals surface area contributed by atoms with Crippen molar-refractivity contribution in [3.05, 3.63) is 165 Å². The van der Waals surface area contributed by atoms with E-state index < -0.39 is 0 Å². The van der Waals surface area contributed by atoms with Crippen LogP contribution in [0.5, 0.6) is 5.88 Å². The molecule has 0 unspecified atom stereocenters. The number of rotatable bonds is 1. The van der Waals surface area contributed by atoms with Crippen LogP contribution in [0.1, 0.15) is 79.6 Å². The first-order valence-electron chi connectivity index (χ1n) is 18.7. The number of aromatic nitrogens is 13. The Morgan fingerprint density at radius 3 is 1.23 bits per heavy atom. The summed E-state index contributed by atoms with van der Waals surface area (Å²) in [6.45, 7) is 25.9. The van der Waals surface area contributed by atoms with E-state index in [-0.39, 0.29) is 11.6 Å². The van der Waals surface area contributed by atoms with Gasteiger partial charge in [0.2, 0.25) is 5.88 Å². The molecule has 318 valence electrons. The Morgan fingerprint density at radius 1 is 0.383 bits per heavy atom. The van der Waals surface area contributed by atoms with Gasteiger partial charge in [-0.15, -0.1) is 5.10 Å². The van der Waals surface area contributed by atoms with Gasteiger partial charge in [0.15, 0.2) is 0 Å². The molecule has 0 aliphatic heterocycles. The number of halogens is 2. The van der Waals surface area contributed by atoms with Crippen molar-refractivity contribution in [3.63, 3.8) is 0 Å². The second kappa shape index (κ2) is 27.8. The van der Waals surface area contributed by atoms with Gasteiger partial charge in [-0.1, -0.05) is 0 Å². The molecule has 7 rings (SSSR count). The van der Waals surface area contributed by atoms with Crippen LogP contribution in [0.3, 0.4) is 0 Å². The minimum atomic E-state index is -0.227. The van der Waals surface area contributed by atoms with Crippen LogP contribution in [0.15, 0.2) is 73.8 Å². The van der Waals surface area contributed by atoms with E-state index in [1.54, 1.807) is 58.9 Å². The molecular formula is C44H57F2N13O. The molecule has 0 saturated carbocycles. The van der Waals surface area contributed by atoms with E-state index >= 15 is 0 Å². The summed E-state index contributed by atoms with van der Waals surface area (Å²) in [7, 11) is 1.61. The fourth-order valence-corrected chi connectivity index (χ4v) is 3.68. The number of pyridine rings is 2. The van der Waals surface area contributed by atoms with Crippen LogP contribution in [-0.2, 0) is 0 Å². The predicted octanol–water partition coefficient (Wildman–Crippen LogP) is 8.55. The summed E-state index contributed by atoms with van der Waals surface area (Å²) in [5.74, 6) is 2.54. The summed E-state index contributed by atoms with van der Waals surface area (Å²) in [5, 5.41) is 15.1. The molecule has 7 heterocycles. The number of hydrogen-bond donors (Lipinski definition) is 0. The molecule has 14 nitrogen and oxygen atoms in total. The molecule has 0 saturated heterocycles. The number of nitrogens with zero attached hydrogens (tertiary/aromatic N) is 13. The summed E-state index contributed by atoms with van der Waals surface area (Å²) in [5.41, 5.74) is 9.44. The van der Waals surface area contributed by atoms with Crippen LogP contribution in [0.4, 0.5) is 8.78 Å². The molecule has 0 aliphatic rings. The Hall–Kier alpha value is -6.71. The molecule has 0 amide bonds. The van der Waals surface area contributed by atoms with Gasteiger partial charge in [-0.05, 0) is 132 Å². The monoisotopic (exact) mass is 821 g/mol. The van der Waals surface area contributed by atoms with E-state index in [2.05, 4.69) is 65.3 Å². The number of ether oxygens (including phenoxy) is 1. The fraction of sp³-hybridized carbons (Fsp3) is 0.341. The molecule has 0 N–H and O–H groups in total. The van der Waals surface area contributed by atoms with E-state index in [4.69, 9.17) is 4.74 Å². The van der Waals surface area contributed by atoms with Crippen LogP contribution < -0.4 is 4.74 Å². The summed E-state index contributed by atoms with van der Waals surface area (Å²) in [6.07, 6.45) is 13.8. The van der Waals surface area contributed by atoms with Gasteiger partial charge in [0.1, 0.15) is 29.1 Å². The number of aryl methyl sites for hydroxylation is 14. The van der Waals surface area contributed by atoms with Gasteiger partial charge in [0.05, 0.1) is 47.5 Å². The third-order valence-corrected chi connectivity index (χ3v) is 7.12. The summed E-state index contributed by atoms with van der Waals surface area (Å²) < 4.78 is 30.0. The van der Waals surface area contributed by atoms with Crippen molar-refractivity contribution in [3.8, 4) is 5.88 Å². The van der Waals surface area contributed by atoms with Crippen LogP contribution >= 0.6 is 0 Å². The number of hydrogen-bond acceptors (Lipinski definition) is 14. The molecule has 7 aromatic rings. The lowest BCUT2D eigenvalue weighted by Gasteiger charge is -2.01. The molecule has 0 aromatic carbocycles. The molecule has 0 aliphatic carbocycles. The molecule has 16 heteroatoms. The Labute approximate surface area is 353 Å². The van der Waals surface area contributed by atoms with E-state index in [9.17, 15) is 8.78 Å². The van der Waals surface area contributed by atoms with Crippen molar-refractivity contribution in [2.45, 2.75) is 96.9 Å². The number of methoxy groups -OCH3 is 1. The Bertz CT molecular complexity index is 1950. The quantitative estimate of drug-likeness (QED) is 0.154. The lowest BCUT2D eigenvalue weighted by atomic mass is 10.3. The molecule has 0 spiro atoms. The molecule has 60 heavy (non-hydrogen) atoms. The highest BCUT2D eigenvalue weighted by Gasteiger charge is 1.99. The van der Waals surface area contributed by atoms with Crippen molar-refractivity contribution in [1.82, 2.24) is 65.3 Å². The average molecular weight is 822 g/mol. The van der Waals surface area contributed by atoms with Crippen molar-refractivity contribution in [2.75, 3.05) is 7.11 Å². The maximum Gasteiger partial charge on any atom is 0.219 e. The van der Waals surface area contributed by atoms with Crippen LogP contribution in [0, 0.1) is 109 Å². The van der Waals surface area contributed by atoms with Gasteiger partial charge < -0.3 is 4.74 Å². The van der Waals surface area contributed by atoms with Crippen molar-refractivity contribution in [2.24, 2.45) is 0 Å². The summed E-state index contributed by atoms with van der Waals surface area (Å²) >= 11 is 0.